The van der Waals surface area contributed by atoms with Gasteiger partial charge in [0.25, 0.3) is 0 Å². The molecule has 4 rings (SSSR count). The monoisotopic (exact) mass is 347 g/mol. The van der Waals surface area contributed by atoms with Crippen LogP contribution in [0.1, 0.15) is 24.0 Å². The molecule has 1 fully saturated rings. The Labute approximate surface area is 154 Å². The number of likely N-dealkylation sites (tertiary alicyclic amines) is 1. The Hall–Kier alpha value is -2.66. The molecule has 1 aromatic carbocycles. The quantitative estimate of drug-likeness (QED) is 0.742. The van der Waals surface area contributed by atoms with Crippen LogP contribution < -0.4 is 5.32 Å². The fourth-order valence-electron chi connectivity index (χ4n) is 3.51. The standard InChI is InChI=1S/C21H25N5/c1-3-19(15-22-10-1)16-25-13-8-21(9-14-25)24-20-6-4-18(5-7-20)17-26-12-2-11-23-26/h1-7,10-12,15,21,24H,8-9,13-14,16-17H2. The van der Waals surface area contributed by atoms with Gasteiger partial charge in [-0.2, -0.15) is 5.10 Å². The van der Waals surface area contributed by atoms with E-state index in [0.29, 0.717) is 6.04 Å². The average molecular weight is 347 g/mol. The lowest BCUT2D eigenvalue weighted by Crippen LogP contribution is -2.38. The fraction of sp³-hybridized carbons (Fsp3) is 0.333. The van der Waals surface area contributed by atoms with Gasteiger partial charge in [0.15, 0.2) is 0 Å². The molecular weight excluding hydrogens is 322 g/mol. The summed E-state index contributed by atoms with van der Waals surface area (Å²) in [6, 6.07) is 15.4. The number of piperidine rings is 1. The summed E-state index contributed by atoms with van der Waals surface area (Å²) in [5.41, 5.74) is 3.78. The molecule has 0 aliphatic carbocycles. The minimum atomic E-state index is 0.553. The second-order valence-electron chi connectivity index (χ2n) is 6.96. The average Bonchev–Trinajstić information content (AvgIpc) is 3.19. The Morgan fingerprint density at radius 2 is 1.77 bits per heavy atom. The van der Waals surface area contributed by atoms with E-state index in [1.807, 2.05) is 41.6 Å². The first-order valence-electron chi connectivity index (χ1n) is 9.29. The van der Waals surface area contributed by atoms with Gasteiger partial charge in [-0.1, -0.05) is 18.2 Å². The Balaban J connectivity index is 1.25. The molecule has 0 bridgehead atoms. The molecule has 0 spiro atoms. The zero-order valence-electron chi connectivity index (χ0n) is 15.0. The summed E-state index contributed by atoms with van der Waals surface area (Å²) in [6.45, 7) is 4.08. The molecule has 1 aliphatic rings. The van der Waals surface area contributed by atoms with Crippen molar-refractivity contribution in [2.75, 3.05) is 18.4 Å². The van der Waals surface area contributed by atoms with Crippen molar-refractivity contribution < 1.29 is 0 Å². The third-order valence-corrected chi connectivity index (χ3v) is 4.95. The molecule has 134 valence electrons. The molecule has 3 aromatic rings. The second-order valence-corrected chi connectivity index (χ2v) is 6.96. The number of hydrogen-bond acceptors (Lipinski definition) is 4. The fourth-order valence-corrected chi connectivity index (χ4v) is 3.51. The van der Waals surface area contributed by atoms with Crippen molar-refractivity contribution in [3.8, 4) is 0 Å². The maximum Gasteiger partial charge on any atom is 0.0659 e. The number of benzene rings is 1. The summed E-state index contributed by atoms with van der Waals surface area (Å²) in [5.74, 6) is 0. The first-order chi connectivity index (χ1) is 12.8. The van der Waals surface area contributed by atoms with Crippen molar-refractivity contribution in [2.24, 2.45) is 0 Å². The van der Waals surface area contributed by atoms with Crippen LogP contribution in [0.4, 0.5) is 5.69 Å². The maximum atomic E-state index is 4.26. The molecule has 0 saturated carbocycles. The van der Waals surface area contributed by atoms with Crippen molar-refractivity contribution in [3.05, 3.63) is 78.4 Å². The summed E-state index contributed by atoms with van der Waals surface area (Å²) in [7, 11) is 0. The minimum absolute atomic E-state index is 0.553. The topological polar surface area (TPSA) is 46.0 Å². The highest BCUT2D eigenvalue weighted by atomic mass is 15.3. The van der Waals surface area contributed by atoms with E-state index in [2.05, 4.69) is 50.6 Å². The molecule has 5 nitrogen and oxygen atoms in total. The molecule has 0 unspecified atom stereocenters. The lowest BCUT2D eigenvalue weighted by Gasteiger charge is -2.32. The van der Waals surface area contributed by atoms with Gasteiger partial charge in [0.1, 0.15) is 0 Å². The van der Waals surface area contributed by atoms with E-state index in [1.165, 1.54) is 29.7 Å². The summed E-state index contributed by atoms with van der Waals surface area (Å²) in [5, 5.41) is 7.95. The van der Waals surface area contributed by atoms with Gasteiger partial charge in [0, 0.05) is 56.2 Å². The molecule has 3 heterocycles. The van der Waals surface area contributed by atoms with Gasteiger partial charge in [0.2, 0.25) is 0 Å². The number of rotatable bonds is 6. The van der Waals surface area contributed by atoms with Gasteiger partial charge < -0.3 is 5.32 Å². The van der Waals surface area contributed by atoms with Crippen molar-refractivity contribution in [1.82, 2.24) is 19.7 Å². The number of hydrogen-bond donors (Lipinski definition) is 1. The number of anilines is 1. The smallest absolute Gasteiger partial charge is 0.0659 e. The predicted octanol–water partition coefficient (Wildman–Crippen LogP) is 3.40. The van der Waals surface area contributed by atoms with Gasteiger partial charge in [0.05, 0.1) is 6.54 Å². The molecule has 2 aromatic heterocycles. The van der Waals surface area contributed by atoms with Crippen LogP contribution in [0.15, 0.2) is 67.3 Å². The first-order valence-corrected chi connectivity index (χ1v) is 9.29. The van der Waals surface area contributed by atoms with Crippen LogP contribution in [0.5, 0.6) is 0 Å². The third kappa shape index (κ3) is 4.49. The summed E-state index contributed by atoms with van der Waals surface area (Å²) in [4.78, 5) is 6.72. The Kier molecular flexibility index (Phi) is 5.26. The van der Waals surface area contributed by atoms with Crippen LogP contribution in [0, 0.1) is 0 Å². The molecule has 5 heteroatoms. The van der Waals surface area contributed by atoms with E-state index in [4.69, 9.17) is 0 Å². The van der Waals surface area contributed by atoms with E-state index < -0.39 is 0 Å². The van der Waals surface area contributed by atoms with Gasteiger partial charge in [-0.15, -0.1) is 0 Å². The van der Waals surface area contributed by atoms with Gasteiger partial charge in [-0.05, 0) is 48.2 Å². The number of pyridine rings is 1. The van der Waals surface area contributed by atoms with Crippen LogP contribution in [-0.4, -0.2) is 38.8 Å². The van der Waals surface area contributed by atoms with Crippen LogP contribution in [0.25, 0.3) is 0 Å². The normalized spacial score (nSPS) is 15.8. The van der Waals surface area contributed by atoms with Crippen LogP contribution in [0.2, 0.25) is 0 Å². The third-order valence-electron chi connectivity index (χ3n) is 4.95. The van der Waals surface area contributed by atoms with Gasteiger partial charge in [-0.3, -0.25) is 14.6 Å². The summed E-state index contributed by atoms with van der Waals surface area (Å²) < 4.78 is 1.94. The molecule has 1 N–H and O–H groups in total. The Morgan fingerprint density at radius 1 is 0.923 bits per heavy atom. The summed E-state index contributed by atoms with van der Waals surface area (Å²) >= 11 is 0. The highest BCUT2D eigenvalue weighted by Gasteiger charge is 2.19. The maximum absolute atomic E-state index is 4.26. The van der Waals surface area contributed by atoms with Gasteiger partial charge >= 0.3 is 0 Å². The lowest BCUT2D eigenvalue weighted by molar-refractivity contribution is 0.211. The van der Waals surface area contributed by atoms with Crippen molar-refractivity contribution in [2.45, 2.75) is 32.0 Å². The van der Waals surface area contributed by atoms with E-state index >= 15 is 0 Å². The molecule has 1 aliphatic heterocycles. The van der Waals surface area contributed by atoms with E-state index in [1.54, 1.807) is 0 Å². The van der Waals surface area contributed by atoms with Crippen molar-refractivity contribution in [1.29, 1.82) is 0 Å². The number of aromatic nitrogens is 3. The number of nitrogens with zero attached hydrogens (tertiary/aromatic N) is 4. The zero-order valence-corrected chi connectivity index (χ0v) is 15.0. The second kappa shape index (κ2) is 8.15. The highest BCUT2D eigenvalue weighted by Crippen LogP contribution is 2.19. The van der Waals surface area contributed by atoms with Crippen molar-refractivity contribution >= 4 is 5.69 Å². The molecule has 0 amide bonds. The van der Waals surface area contributed by atoms with Crippen LogP contribution in [0.3, 0.4) is 0 Å². The number of nitrogens with one attached hydrogen (secondary N) is 1. The van der Waals surface area contributed by atoms with Crippen molar-refractivity contribution in [3.63, 3.8) is 0 Å². The zero-order chi connectivity index (χ0) is 17.6. The largest absolute Gasteiger partial charge is 0.382 e. The Bertz CT molecular complexity index is 775. The van der Waals surface area contributed by atoms with E-state index in [9.17, 15) is 0 Å². The molecule has 26 heavy (non-hydrogen) atoms. The highest BCUT2D eigenvalue weighted by molar-refractivity contribution is 5.45. The Morgan fingerprint density at radius 3 is 2.46 bits per heavy atom. The summed E-state index contributed by atoms with van der Waals surface area (Å²) in [6.07, 6.45) is 9.96. The predicted molar refractivity (Wildman–Crippen MR) is 104 cm³/mol. The lowest BCUT2D eigenvalue weighted by atomic mass is 10.0. The first kappa shape index (κ1) is 16.8. The SMILES string of the molecule is c1cncc(CN2CCC(Nc3ccc(Cn4cccn4)cc3)CC2)c1. The van der Waals surface area contributed by atoms with Gasteiger partial charge in [-0.25, -0.2) is 0 Å². The minimum Gasteiger partial charge on any atom is -0.382 e. The molecule has 0 atom stereocenters. The van der Waals surface area contributed by atoms with Crippen LogP contribution in [-0.2, 0) is 13.1 Å². The van der Waals surface area contributed by atoms with E-state index in [-0.39, 0.29) is 0 Å². The van der Waals surface area contributed by atoms with E-state index in [0.717, 1.165) is 26.2 Å². The molecule has 1 saturated heterocycles. The van der Waals surface area contributed by atoms with Crippen LogP contribution >= 0.6 is 0 Å². The molecule has 0 radical (unpaired) electrons. The molecular formula is C21H25N5.